The van der Waals surface area contributed by atoms with Crippen molar-refractivity contribution in [1.29, 1.82) is 5.26 Å². The summed E-state index contributed by atoms with van der Waals surface area (Å²) < 4.78 is 37.4. The van der Waals surface area contributed by atoms with Crippen LogP contribution in [0.5, 0.6) is 0 Å². The van der Waals surface area contributed by atoms with Crippen molar-refractivity contribution in [3.05, 3.63) is 30.1 Å². The Labute approximate surface area is 116 Å². The van der Waals surface area contributed by atoms with Crippen molar-refractivity contribution in [1.82, 2.24) is 0 Å². The van der Waals surface area contributed by atoms with Crippen molar-refractivity contribution in [2.24, 2.45) is 0 Å². The van der Waals surface area contributed by atoms with Gasteiger partial charge < -0.3 is 8.63 Å². The third kappa shape index (κ3) is 3.44. The third-order valence-electron chi connectivity index (χ3n) is 1.45. The van der Waals surface area contributed by atoms with Crippen LogP contribution < -0.4 is 56.8 Å². The molecule has 0 aliphatic rings. The van der Waals surface area contributed by atoms with Crippen LogP contribution in [0.3, 0.4) is 0 Å². The molecule has 0 aliphatic carbocycles. The Morgan fingerprint density at radius 1 is 1.15 bits per heavy atom. The van der Waals surface area contributed by atoms with Gasteiger partial charge in [-0.2, -0.15) is 0 Å². The van der Waals surface area contributed by atoms with Gasteiger partial charge in [-0.3, -0.25) is 0 Å². The maximum Gasteiger partial charge on any atom is 1.00 e. The molecule has 62 valence electrons. The molecule has 1 rings (SSSR count). The Bertz CT molecular complexity index is 320. The molecule has 0 bridgehead atoms. The fraction of sp³-hybridized carbons (Fsp3) is 0. The number of halogens is 3. The average molecular weight is 209 g/mol. The fourth-order valence-electron chi connectivity index (χ4n) is 0.779. The van der Waals surface area contributed by atoms with Gasteiger partial charge in [0.1, 0.15) is 5.82 Å². The van der Waals surface area contributed by atoms with Crippen LogP contribution in [0.4, 0.5) is 13.0 Å². The minimum absolute atomic E-state index is 0. The van der Waals surface area contributed by atoms with E-state index >= 15 is 0 Å². The summed E-state index contributed by atoms with van der Waals surface area (Å²) in [7, 11) is 0. The van der Waals surface area contributed by atoms with E-state index < -0.39 is 18.0 Å². The van der Waals surface area contributed by atoms with Crippen LogP contribution >= 0.6 is 0 Å². The zero-order valence-corrected chi connectivity index (χ0v) is 10.1. The molecule has 0 fully saturated rings. The first-order valence-electron chi connectivity index (χ1n) is 3.25. The number of hydrogen-bond acceptors (Lipinski definition) is 1. The Balaban J connectivity index is 0.00000144. The van der Waals surface area contributed by atoms with Crippen LogP contribution in [-0.2, 0) is 0 Å². The monoisotopic (exact) mass is 209 g/mol. The summed E-state index contributed by atoms with van der Waals surface area (Å²) in [4.78, 5) is 0. The minimum Gasteiger partial charge on any atom is -0.461 e. The second-order valence-electron chi connectivity index (χ2n) is 2.34. The first-order valence-corrected chi connectivity index (χ1v) is 3.25. The fourth-order valence-corrected chi connectivity index (χ4v) is 0.779. The molecule has 0 aromatic heterocycles. The van der Waals surface area contributed by atoms with E-state index in [0.29, 0.717) is 0 Å². The summed E-state index contributed by atoms with van der Waals surface area (Å²) >= 11 is 0. The van der Waals surface area contributed by atoms with E-state index in [-0.39, 0.29) is 51.4 Å². The normalized spacial score (nSPS) is 10.0. The summed E-state index contributed by atoms with van der Waals surface area (Å²) in [6, 6.07) is 3.64. The zero-order chi connectivity index (χ0) is 9.19. The van der Waals surface area contributed by atoms with E-state index in [1.54, 1.807) is 0 Å². The van der Waals surface area contributed by atoms with Crippen LogP contribution in [-0.4, -0.2) is 6.70 Å². The van der Waals surface area contributed by atoms with Gasteiger partial charge in [-0.25, -0.2) is 9.65 Å². The van der Waals surface area contributed by atoms with Gasteiger partial charge in [-0.15, -0.1) is 5.46 Å². The van der Waals surface area contributed by atoms with Gasteiger partial charge in [0.2, 0.25) is 0 Å². The Hall–Kier alpha value is 0.201. The molecule has 0 amide bonds. The van der Waals surface area contributed by atoms with Gasteiger partial charge >= 0.3 is 58.1 Å². The summed E-state index contributed by atoms with van der Waals surface area (Å²) in [5.41, 5.74) is -0.432. The first-order chi connectivity index (χ1) is 5.56. The van der Waals surface area contributed by atoms with Crippen LogP contribution in [0.1, 0.15) is 0 Å². The van der Waals surface area contributed by atoms with E-state index in [9.17, 15) is 13.0 Å². The van der Waals surface area contributed by atoms with Crippen molar-refractivity contribution < 1.29 is 64.4 Å². The van der Waals surface area contributed by atoms with Gasteiger partial charge in [0.25, 0.3) is 0 Å². The maximum absolute atomic E-state index is 12.6. The maximum atomic E-state index is 12.6. The van der Waals surface area contributed by atoms with E-state index in [4.69, 9.17) is 5.26 Å². The molecular formula is C7H4BF3KN. The number of nitrogens with zero attached hydrogens (tertiary/aromatic N) is 1. The van der Waals surface area contributed by atoms with Gasteiger partial charge in [0.15, 0.2) is 0 Å². The van der Waals surface area contributed by atoms with Crippen LogP contribution in [0.25, 0.3) is 0 Å². The molecule has 13 heavy (non-hydrogen) atoms. The van der Waals surface area contributed by atoms with Crippen LogP contribution in [0.15, 0.2) is 24.3 Å². The van der Waals surface area contributed by atoms with Gasteiger partial charge in [-0.05, 0) is 12.1 Å². The minimum atomic E-state index is -4.17. The predicted molar refractivity (Wildman–Crippen MR) is 39.6 cm³/mol. The molecule has 0 saturated heterocycles. The number of hydrogen-bond donors (Lipinski definition) is 0. The topological polar surface area (TPSA) is 23.8 Å². The SMILES string of the molecule is N#C[B-](F)(F)c1ccc(F)cc1.[K+]. The molecule has 0 aliphatic heterocycles. The molecule has 1 aromatic rings. The van der Waals surface area contributed by atoms with Crippen molar-refractivity contribution >= 4 is 12.2 Å². The standard InChI is InChI=1S/C7H4BF3N.K/c9-7-3-1-6(2-4-7)8(10,11)5-12;/h1-4H;/q-1;+1. The Kier molecular flexibility index (Phi) is 5.25. The molecule has 0 atom stereocenters. The predicted octanol–water partition coefficient (Wildman–Crippen LogP) is -1.52. The largest absolute Gasteiger partial charge is 1.00 e. The van der Waals surface area contributed by atoms with Crippen molar-refractivity contribution in [3.8, 4) is 5.97 Å². The summed E-state index contributed by atoms with van der Waals surface area (Å²) in [6.07, 6.45) is 0. The molecule has 0 saturated carbocycles. The van der Waals surface area contributed by atoms with Crippen LogP contribution in [0, 0.1) is 17.0 Å². The van der Waals surface area contributed by atoms with Crippen molar-refractivity contribution in [2.75, 3.05) is 0 Å². The van der Waals surface area contributed by atoms with E-state index in [1.165, 1.54) is 0 Å². The number of nitriles is 1. The molecule has 0 radical (unpaired) electrons. The van der Waals surface area contributed by atoms with Gasteiger partial charge in [0.05, 0.1) is 0 Å². The second kappa shape index (κ2) is 5.17. The number of benzene rings is 1. The van der Waals surface area contributed by atoms with Crippen molar-refractivity contribution in [3.63, 3.8) is 0 Å². The smallest absolute Gasteiger partial charge is 0.461 e. The van der Waals surface area contributed by atoms with Crippen molar-refractivity contribution in [2.45, 2.75) is 0 Å². The van der Waals surface area contributed by atoms with Gasteiger partial charge in [-0.1, -0.05) is 18.1 Å². The third-order valence-corrected chi connectivity index (χ3v) is 1.45. The molecule has 0 heterocycles. The summed E-state index contributed by atoms with van der Waals surface area (Å²) in [6.45, 7) is -4.17. The number of rotatable bonds is 1. The Morgan fingerprint density at radius 2 is 1.62 bits per heavy atom. The van der Waals surface area contributed by atoms with Crippen LogP contribution in [0.2, 0.25) is 0 Å². The van der Waals surface area contributed by atoms with E-state index in [0.717, 1.165) is 30.2 Å². The van der Waals surface area contributed by atoms with Gasteiger partial charge in [0, 0.05) is 0 Å². The molecule has 6 heteroatoms. The first kappa shape index (κ1) is 13.2. The van der Waals surface area contributed by atoms with E-state index in [2.05, 4.69) is 0 Å². The molecule has 0 N–H and O–H groups in total. The summed E-state index contributed by atoms with van der Waals surface area (Å²) in [5.74, 6) is 0.290. The summed E-state index contributed by atoms with van der Waals surface area (Å²) in [5, 5.41) is 8.05. The molecule has 0 spiro atoms. The zero-order valence-electron chi connectivity index (χ0n) is 6.97. The average Bonchev–Trinajstić information content (AvgIpc) is 2.05. The van der Waals surface area contributed by atoms with E-state index in [1.807, 2.05) is 0 Å². The Morgan fingerprint density at radius 3 is 2.00 bits per heavy atom. The molecular weight excluding hydrogens is 205 g/mol. The molecule has 0 unspecified atom stereocenters. The quantitative estimate of drug-likeness (QED) is 0.515. The second-order valence-corrected chi connectivity index (χ2v) is 2.34. The molecule has 1 aromatic carbocycles. The molecule has 1 nitrogen and oxygen atoms in total.